The molecule has 1 aromatic rings. The fraction of sp³-hybridized carbons (Fsp3) is 0.0833. The van der Waals surface area contributed by atoms with Crippen LogP contribution in [0.2, 0.25) is 5.02 Å². The lowest BCUT2D eigenvalue weighted by Crippen LogP contribution is -2.20. The van der Waals surface area contributed by atoms with Crippen LogP contribution in [0.4, 0.5) is 11.4 Å². The largest absolute Gasteiger partial charge is 0.545 e. The highest BCUT2D eigenvalue weighted by Crippen LogP contribution is 2.25. The Morgan fingerprint density at radius 1 is 1.21 bits per heavy atom. The van der Waals surface area contributed by atoms with E-state index in [0.29, 0.717) is 17.5 Å². The highest BCUT2D eigenvalue weighted by atomic mass is 35.5. The van der Waals surface area contributed by atoms with Gasteiger partial charge in [0.25, 0.3) is 0 Å². The number of carbonyl (C=O) groups is 3. The molecule has 7 heteroatoms. The summed E-state index contributed by atoms with van der Waals surface area (Å²) in [5.74, 6) is -2.36. The molecular weight excluding hydrogens is 272 g/mol. The fourth-order valence-corrected chi connectivity index (χ4v) is 1.44. The van der Waals surface area contributed by atoms with Crippen LogP contribution in [0, 0.1) is 0 Å². The van der Waals surface area contributed by atoms with E-state index in [4.69, 9.17) is 11.6 Å². The Bertz CT molecular complexity index is 555. The Labute approximate surface area is 114 Å². The molecule has 6 nitrogen and oxygen atoms in total. The van der Waals surface area contributed by atoms with E-state index in [-0.39, 0.29) is 10.9 Å². The lowest BCUT2D eigenvalue weighted by Gasteiger charge is -2.07. The molecule has 0 aliphatic heterocycles. The van der Waals surface area contributed by atoms with Gasteiger partial charge in [-0.3, -0.25) is 9.59 Å². The molecule has 100 valence electrons. The zero-order valence-corrected chi connectivity index (χ0v) is 10.7. The highest BCUT2D eigenvalue weighted by Gasteiger charge is 2.04. The number of anilines is 2. The van der Waals surface area contributed by atoms with Crippen molar-refractivity contribution in [2.75, 3.05) is 10.6 Å². The van der Waals surface area contributed by atoms with Gasteiger partial charge in [-0.15, -0.1) is 0 Å². The lowest BCUT2D eigenvalue weighted by atomic mass is 10.2. The Kier molecular flexibility index (Phi) is 5.08. The quantitative estimate of drug-likeness (QED) is 0.787. The van der Waals surface area contributed by atoms with Crippen molar-refractivity contribution in [3.63, 3.8) is 0 Å². The van der Waals surface area contributed by atoms with E-state index in [1.165, 1.54) is 25.1 Å². The SMILES string of the molecule is CC(=O)Nc1ccc(NC(=O)/C=C/C(=O)[O-])cc1Cl. The topological polar surface area (TPSA) is 98.3 Å². The molecular formula is C12H10ClN2O4-. The maximum Gasteiger partial charge on any atom is 0.248 e. The van der Waals surface area contributed by atoms with E-state index in [1.54, 1.807) is 0 Å². The molecule has 0 radical (unpaired) electrons. The first kappa shape index (κ1) is 14.7. The number of carboxylic acid groups (broad SMARTS) is 1. The van der Waals surface area contributed by atoms with Gasteiger partial charge in [0.05, 0.1) is 16.7 Å². The summed E-state index contributed by atoms with van der Waals surface area (Å²) in [5.41, 5.74) is 0.782. The Balaban J connectivity index is 2.76. The van der Waals surface area contributed by atoms with Crippen LogP contribution in [-0.4, -0.2) is 17.8 Å². The van der Waals surface area contributed by atoms with Crippen LogP contribution >= 0.6 is 11.6 Å². The van der Waals surface area contributed by atoms with E-state index in [9.17, 15) is 19.5 Å². The van der Waals surface area contributed by atoms with Crippen LogP contribution < -0.4 is 15.7 Å². The number of hydrogen-bond acceptors (Lipinski definition) is 4. The predicted octanol–water partition coefficient (Wildman–Crippen LogP) is 0.543. The number of halogens is 1. The van der Waals surface area contributed by atoms with Gasteiger partial charge in [-0.05, 0) is 24.3 Å². The first-order chi connectivity index (χ1) is 8.88. The first-order valence-electron chi connectivity index (χ1n) is 5.15. The van der Waals surface area contributed by atoms with Crippen molar-refractivity contribution >= 4 is 40.8 Å². The summed E-state index contributed by atoms with van der Waals surface area (Å²) >= 11 is 5.90. The molecule has 2 amide bonds. The van der Waals surface area contributed by atoms with Crippen molar-refractivity contribution in [3.8, 4) is 0 Å². The maximum absolute atomic E-state index is 11.3. The van der Waals surface area contributed by atoms with Gasteiger partial charge >= 0.3 is 0 Å². The summed E-state index contributed by atoms with van der Waals surface area (Å²) < 4.78 is 0. The van der Waals surface area contributed by atoms with E-state index < -0.39 is 11.9 Å². The van der Waals surface area contributed by atoms with E-state index in [2.05, 4.69) is 10.6 Å². The molecule has 0 spiro atoms. The van der Waals surface area contributed by atoms with Gasteiger partial charge < -0.3 is 20.5 Å². The van der Waals surface area contributed by atoms with Crippen LogP contribution in [0.1, 0.15) is 6.92 Å². The first-order valence-corrected chi connectivity index (χ1v) is 5.53. The molecule has 1 rings (SSSR count). The standard InChI is InChI=1S/C12H11ClN2O4/c1-7(16)14-10-3-2-8(6-9(10)13)15-11(17)4-5-12(18)19/h2-6H,1H3,(H,14,16)(H,15,17)(H,18,19)/p-1/b5-4+. The Morgan fingerprint density at radius 2 is 1.89 bits per heavy atom. The summed E-state index contributed by atoms with van der Waals surface area (Å²) in [6.45, 7) is 1.34. The Morgan fingerprint density at radius 3 is 2.42 bits per heavy atom. The van der Waals surface area contributed by atoms with Gasteiger partial charge in [-0.2, -0.15) is 0 Å². The zero-order chi connectivity index (χ0) is 14.4. The van der Waals surface area contributed by atoms with Gasteiger partial charge in [-0.25, -0.2) is 0 Å². The van der Waals surface area contributed by atoms with Crippen LogP contribution in [0.15, 0.2) is 30.4 Å². The molecule has 0 fully saturated rings. The summed E-state index contributed by atoms with van der Waals surface area (Å²) in [7, 11) is 0. The van der Waals surface area contributed by atoms with Crippen molar-refractivity contribution in [2.45, 2.75) is 6.92 Å². The summed E-state index contributed by atoms with van der Waals surface area (Å²) in [5, 5.41) is 15.3. The lowest BCUT2D eigenvalue weighted by molar-refractivity contribution is -0.297. The number of nitrogens with one attached hydrogen (secondary N) is 2. The van der Waals surface area contributed by atoms with Gasteiger partial charge in [-0.1, -0.05) is 11.6 Å². The molecule has 0 aliphatic carbocycles. The van der Waals surface area contributed by atoms with E-state index in [0.717, 1.165) is 6.08 Å². The molecule has 19 heavy (non-hydrogen) atoms. The minimum absolute atomic E-state index is 0.247. The average Bonchev–Trinajstić information content (AvgIpc) is 2.29. The summed E-state index contributed by atoms with van der Waals surface area (Å²) in [4.78, 5) is 32.3. The third-order valence-electron chi connectivity index (χ3n) is 1.92. The third-order valence-corrected chi connectivity index (χ3v) is 2.23. The predicted molar refractivity (Wildman–Crippen MR) is 68.5 cm³/mol. The highest BCUT2D eigenvalue weighted by molar-refractivity contribution is 6.34. The second-order valence-corrected chi connectivity index (χ2v) is 3.92. The van der Waals surface area contributed by atoms with Crippen molar-refractivity contribution in [3.05, 3.63) is 35.4 Å². The molecule has 0 saturated heterocycles. The van der Waals surface area contributed by atoms with Gasteiger partial charge in [0.2, 0.25) is 11.8 Å². The minimum Gasteiger partial charge on any atom is -0.545 e. The molecule has 0 heterocycles. The number of carbonyl (C=O) groups excluding carboxylic acids is 3. The normalized spacial score (nSPS) is 10.2. The maximum atomic E-state index is 11.3. The molecule has 0 unspecified atom stereocenters. The number of benzene rings is 1. The molecule has 0 aromatic heterocycles. The van der Waals surface area contributed by atoms with Crippen molar-refractivity contribution in [1.29, 1.82) is 0 Å². The summed E-state index contributed by atoms with van der Waals surface area (Å²) in [6.07, 6.45) is 1.44. The van der Waals surface area contributed by atoms with Gasteiger partial charge in [0.1, 0.15) is 0 Å². The number of amides is 2. The molecule has 0 bridgehead atoms. The molecule has 1 aromatic carbocycles. The van der Waals surface area contributed by atoms with Crippen molar-refractivity contribution in [1.82, 2.24) is 0 Å². The average molecular weight is 282 g/mol. The number of rotatable bonds is 4. The number of aliphatic carboxylic acids is 1. The van der Waals surface area contributed by atoms with Crippen LogP contribution in [0.25, 0.3) is 0 Å². The minimum atomic E-state index is -1.46. The monoisotopic (exact) mass is 281 g/mol. The third kappa shape index (κ3) is 5.22. The number of carboxylic acids is 1. The molecule has 2 N–H and O–H groups in total. The molecule has 0 saturated carbocycles. The van der Waals surface area contributed by atoms with Crippen LogP contribution in [-0.2, 0) is 14.4 Å². The van der Waals surface area contributed by atoms with E-state index in [1.807, 2.05) is 0 Å². The zero-order valence-electron chi connectivity index (χ0n) is 9.90. The van der Waals surface area contributed by atoms with Gasteiger partial charge in [0.15, 0.2) is 0 Å². The van der Waals surface area contributed by atoms with Crippen molar-refractivity contribution < 1.29 is 19.5 Å². The Hall–Kier alpha value is -2.34. The van der Waals surface area contributed by atoms with Crippen LogP contribution in [0.5, 0.6) is 0 Å². The molecule has 0 atom stereocenters. The fourth-order valence-electron chi connectivity index (χ4n) is 1.21. The van der Waals surface area contributed by atoms with Crippen LogP contribution in [0.3, 0.4) is 0 Å². The second-order valence-electron chi connectivity index (χ2n) is 3.52. The van der Waals surface area contributed by atoms with Gasteiger partial charge in [0, 0.05) is 18.7 Å². The second kappa shape index (κ2) is 6.55. The van der Waals surface area contributed by atoms with E-state index >= 15 is 0 Å². The summed E-state index contributed by atoms with van der Waals surface area (Å²) in [6, 6.07) is 4.46. The number of hydrogen-bond donors (Lipinski definition) is 2. The molecule has 0 aliphatic rings. The van der Waals surface area contributed by atoms with Crippen molar-refractivity contribution in [2.24, 2.45) is 0 Å². The smallest absolute Gasteiger partial charge is 0.248 e.